The van der Waals surface area contributed by atoms with Gasteiger partial charge < -0.3 is 30.1 Å². The van der Waals surface area contributed by atoms with Crippen molar-refractivity contribution in [3.05, 3.63) is 107 Å². The molecule has 0 saturated heterocycles. The van der Waals surface area contributed by atoms with E-state index in [0.717, 1.165) is 0 Å². The first-order valence-electron chi connectivity index (χ1n) is 12.1. The van der Waals surface area contributed by atoms with E-state index in [-0.39, 0.29) is 35.5 Å². The van der Waals surface area contributed by atoms with E-state index in [2.05, 4.69) is 5.32 Å². The number of aromatic carboxylic acids is 1. The summed E-state index contributed by atoms with van der Waals surface area (Å²) in [5.41, 5.74) is 1.70. The van der Waals surface area contributed by atoms with Crippen LogP contribution in [0.1, 0.15) is 28.9 Å². The SMILES string of the molecule is C[C@@H](NCCOc1ccc(-c2ccc(C(=O)O)c(Oc3ccc(Cl)cc3)c2)cc1F)[C@@H](O)c1ccc(O)cc1. The van der Waals surface area contributed by atoms with Crippen LogP contribution in [0.4, 0.5) is 4.39 Å². The minimum atomic E-state index is -1.15. The van der Waals surface area contributed by atoms with E-state index in [1.807, 2.05) is 6.92 Å². The minimum absolute atomic E-state index is 0.0358. The summed E-state index contributed by atoms with van der Waals surface area (Å²) < 4.78 is 26.2. The summed E-state index contributed by atoms with van der Waals surface area (Å²) in [4.78, 5) is 11.7. The summed E-state index contributed by atoms with van der Waals surface area (Å²) in [5, 5.41) is 33.1. The fourth-order valence-corrected chi connectivity index (χ4v) is 4.04. The highest BCUT2D eigenvalue weighted by Crippen LogP contribution is 2.33. The van der Waals surface area contributed by atoms with Gasteiger partial charge in [-0.05, 0) is 84.3 Å². The quantitative estimate of drug-likeness (QED) is 0.159. The monoisotopic (exact) mass is 551 g/mol. The molecule has 0 fully saturated rings. The van der Waals surface area contributed by atoms with E-state index in [1.54, 1.807) is 48.5 Å². The molecule has 0 amide bonds. The van der Waals surface area contributed by atoms with Crippen molar-refractivity contribution in [2.24, 2.45) is 0 Å². The maximum atomic E-state index is 14.9. The van der Waals surface area contributed by atoms with Crippen molar-refractivity contribution < 1.29 is 34.0 Å². The first-order valence-corrected chi connectivity index (χ1v) is 12.5. The Kier molecular flexibility index (Phi) is 9.03. The van der Waals surface area contributed by atoms with Gasteiger partial charge in [-0.1, -0.05) is 35.9 Å². The molecule has 7 nitrogen and oxygen atoms in total. The molecule has 0 unspecified atom stereocenters. The largest absolute Gasteiger partial charge is 0.508 e. The summed E-state index contributed by atoms with van der Waals surface area (Å²) in [6.07, 6.45) is -0.789. The van der Waals surface area contributed by atoms with Crippen LogP contribution >= 0.6 is 11.6 Å². The predicted octanol–water partition coefficient (Wildman–Crippen LogP) is 6.43. The van der Waals surface area contributed by atoms with E-state index >= 15 is 0 Å². The Morgan fingerprint density at radius 1 is 0.949 bits per heavy atom. The molecule has 0 radical (unpaired) electrons. The number of benzene rings is 4. The van der Waals surface area contributed by atoms with Crippen LogP contribution in [0.15, 0.2) is 84.9 Å². The van der Waals surface area contributed by atoms with Gasteiger partial charge in [0.15, 0.2) is 11.6 Å². The molecule has 0 aliphatic heterocycles. The third-order valence-corrected chi connectivity index (χ3v) is 6.30. The van der Waals surface area contributed by atoms with Crippen LogP contribution in [-0.4, -0.2) is 40.5 Å². The fraction of sp³-hybridized carbons (Fsp3) is 0.167. The molecule has 0 aromatic heterocycles. The number of phenols is 1. The highest BCUT2D eigenvalue weighted by molar-refractivity contribution is 6.30. The molecule has 2 atom stereocenters. The maximum Gasteiger partial charge on any atom is 0.339 e. The number of carbonyl (C=O) groups is 1. The van der Waals surface area contributed by atoms with Gasteiger partial charge in [0.2, 0.25) is 0 Å². The lowest BCUT2D eigenvalue weighted by atomic mass is 10.0. The van der Waals surface area contributed by atoms with E-state index in [0.29, 0.717) is 34.0 Å². The maximum absolute atomic E-state index is 14.9. The van der Waals surface area contributed by atoms with Crippen LogP contribution in [0, 0.1) is 5.82 Å². The van der Waals surface area contributed by atoms with Crippen molar-refractivity contribution in [1.82, 2.24) is 5.32 Å². The van der Waals surface area contributed by atoms with Crippen LogP contribution in [0.3, 0.4) is 0 Å². The van der Waals surface area contributed by atoms with E-state index in [4.69, 9.17) is 21.1 Å². The Morgan fingerprint density at radius 2 is 1.62 bits per heavy atom. The molecule has 39 heavy (non-hydrogen) atoms. The molecule has 0 saturated carbocycles. The van der Waals surface area contributed by atoms with Crippen LogP contribution in [-0.2, 0) is 0 Å². The Labute approximate surface area is 230 Å². The van der Waals surface area contributed by atoms with Crippen LogP contribution in [0.25, 0.3) is 11.1 Å². The normalized spacial score (nSPS) is 12.5. The van der Waals surface area contributed by atoms with Gasteiger partial charge in [-0.3, -0.25) is 0 Å². The number of carboxylic acid groups (broad SMARTS) is 1. The van der Waals surface area contributed by atoms with Crippen molar-refractivity contribution in [3.8, 4) is 34.1 Å². The van der Waals surface area contributed by atoms with Crippen LogP contribution in [0.5, 0.6) is 23.0 Å². The van der Waals surface area contributed by atoms with Gasteiger partial charge in [-0.25, -0.2) is 9.18 Å². The van der Waals surface area contributed by atoms with Crippen molar-refractivity contribution >= 4 is 17.6 Å². The summed E-state index contributed by atoms with van der Waals surface area (Å²) in [7, 11) is 0. The van der Waals surface area contributed by atoms with Crippen molar-refractivity contribution in [2.45, 2.75) is 19.1 Å². The lowest BCUT2D eigenvalue weighted by Gasteiger charge is -2.21. The van der Waals surface area contributed by atoms with E-state index in [9.17, 15) is 24.5 Å². The second kappa shape index (κ2) is 12.6. The average Bonchev–Trinajstić information content (AvgIpc) is 2.92. The zero-order chi connectivity index (χ0) is 27.9. The third kappa shape index (κ3) is 7.26. The molecule has 0 spiro atoms. The Hall–Kier alpha value is -4.11. The lowest BCUT2D eigenvalue weighted by molar-refractivity contribution is 0.0694. The second-order valence-corrected chi connectivity index (χ2v) is 9.28. The molecular formula is C30H27ClFNO6. The Balaban J connectivity index is 1.39. The van der Waals surface area contributed by atoms with Gasteiger partial charge in [0, 0.05) is 17.6 Å². The zero-order valence-corrected chi connectivity index (χ0v) is 21.7. The number of ether oxygens (including phenoxy) is 2. The van der Waals surface area contributed by atoms with Gasteiger partial charge in [0.25, 0.3) is 0 Å². The fourth-order valence-electron chi connectivity index (χ4n) is 3.91. The van der Waals surface area contributed by atoms with E-state index < -0.39 is 17.9 Å². The Bertz CT molecular complexity index is 1430. The van der Waals surface area contributed by atoms with Gasteiger partial charge in [-0.2, -0.15) is 0 Å². The number of phenolic OH excluding ortho intramolecular Hbond substituents is 1. The number of rotatable bonds is 11. The molecular weight excluding hydrogens is 525 g/mol. The summed E-state index contributed by atoms with van der Waals surface area (Å²) in [6.45, 7) is 2.34. The molecule has 4 rings (SSSR count). The van der Waals surface area contributed by atoms with E-state index in [1.165, 1.54) is 36.4 Å². The number of nitrogens with one attached hydrogen (secondary N) is 1. The van der Waals surface area contributed by atoms with Gasteiger partial charge in [0.05, 0.1) is 6.10 Å². The van der Waals surface area contributed by atoms with Crippen molar-refractivity contribution in [3.63, 3.8) is 0 Å². The number of hydrogen-bond donors (Lipinski definition) is 4. The number of aliphatic hydroxyl groups excluding tert-OH is 1. The zero-order valence-electron chi connectivity index (χ0n) is 21.0. The predicted molar refractivity (Wildman–Crippen MR) is 146 cm³/mol. The summed E-state index contributed by atoms with van der Waals surface area (Å²) >= 11 is 5.91. The topological polar surface area (TPSA) is 108 Å². The number of halogens is 2. The molecule has 0 bridgehead atoms. The smallest absolute Gasteiger partial charge is 0.339 e. The van der Waals surface area contributed by atoms with Gasteiger partial charge in [-0.15, -0.1) is 0 Å². The lowest BCUT2D eigenvalue weighted by Crippen LogP contribution is -2.35. The van der Waals surface area contributed by atoms with Crippen molar-refractivity contribution in [1.29, 1.82) is 0 Å². The second-order valence-electron chi connectivity index (χ2n) is 8.84. The molecule has 9 heteroatoms. The number of carboxylic acids is 1. The minimum Gasteiger partial charge on any atom is -0.508 e. The average molecular weight is 552 g/mol. The number of hydrogen-bond acceptors (Lipinski definition) is 6. The van der Waals surface area contributed by atoms with Crippen LogP contribution in [0.2, 0.25) is 5.02 Å². The highest BCUT2D eigenvalue weighted by atomic mass is 35.5. The summed E-state index contributed by atoms with van der Waals surface area (Å²) in [6, 6.07) is 21.5. The molecule has 202 valence electrons. The van der Waals surface area contributed by atoms with Crippen LogP contribution < -0.4 is 14.8 Å². The van der Waals surface area contributed by atoms with Gasteiger partial charge in [0.1, 0.15) is 29.4 Å². The molecule has 0 aliphatic carbocycles. The number of aliphatic hydroxyl groups is 1. The molecule has 4 N–H and O–H groups in total. The molecule has 0 aliphatic rings. The van der Waals surface area contributed by atoms with Crippen molar-refractivity contribution in [2.75, 3.05) is 13.2 Å². The standard InChI is InChI=1S/C30H27ClFNO6/c1-18(29(35)19-2-8-23(34)9-3-19)33-14-15-38-27-13-5-20(16-26(27)32)21-4-12-25(30(36)37)28(17-21)39-24-10-6-22(31)7-11-24/h2-13,16-18,29,33-35H,14-15H2,1H3,(H,36,37)/t18-,29-/m1/s1. The number of aromatic hydroxyl groups is 1. The summed E-state index contributed by atoms with van der Waals surface area (Å²) in [5.74, 6) is -1.03. The Morgan fingerprint density at radius 3 is 2.28 bits per heavy atom. The molecule has 4 aromatic carbocycles. The van der Waals surface area contributed by atoms with Gasteiger partial charge >= 0.3 is 5.97 Å². The first-order chi connectivity index (χ1) is 18.7. The molecule has 0 heterocycles. The third-order valence-electron chi connectivity index (χ3n) is 6.05. The first kappa shape index (κ1) is 27.9. The molecule has 4 aromatic rings. The highest BCUT2D eigenvalue weighted by Gasteiger charge is 2.17.